The molecule has 1 aromatic heterocycles. The Kier molecular flexibility index (Phi) is 3.00. The van der Waals surface area contributed by atoms with E-state index in [0.29, 0.717) is 9.21 Å². The molecule has 0 radical (unpaired) electrons. The Morgan fingerprint density at radius 3 is 2.73 bits per heavy atom. The average molecular weight is 246 g/mol. The van der Waals surface area contributed by atoms with Crippen molar-refractivity contribution in [3.63, 3.8) is 0 Å². The SMILES string of the molecule is O=C(NC1(CO)CCC1)c1ccc(Cl)s1. The van der Waals surface area contributed by atoms with Crippen LogP contribution in [0.25, 0.3) is 0 Å². The number of amides is 1. The topological polar surface area (TPSA) is 49.3 Å². The summed E-state index contributed by atoms with van der Waals surface area (Å²) in [5.41, 5.74) is -0.381. The molecule has 1 heterocycles. The maximum Gasteiger partial charge on any atom is 0.261 e. The Balaban J connectivity index is 2.03. The zero-order valence-corrected chi connectivity index (χ0v) is 9.70. The van der Waals surface area contributed by atoms with Crippen LogP contribution in [0.4, 0.5) is 0 Å². The van der Waals surface area contributed by atoms with Gasteiger partial charge in [0.25, 0.3) is 5.91 Å². The minimum Gasteiger partial charge on any atom is -0.394 e. The molecule has 2 rings (SSSR count). The molecule has 1 aromatic rings. The number of thiophene rings is 1. The lowest BCUT2D eigenvalue weighted by molar-refractivity contribution is 0.0645. The quantitative estimate of drug-likeness (QED) is 0.856. The van der Waals surface area contributed by atoms with Crippen molar-refractivity contribution in [2.45, 2.75) is 24.8 Å². The number of halogens is 1. The molecule has 0 bridgehead atoms. The summed E-state index contributed by atoms with van der Waals surface area (Å²) in [4.78, 5) is 12.4. The highest BCUT2D eigenvalue weighted by molar-refractivity contribution is 7.18. The van der Waals surface area contributed by atoms with Crippen LogP contribution in [-0.2, 0) is 0 Å². The molecule has 2 N–H and O–H groups in total. The fraction of sp³-hybridized carbons (Fsp3) is 0.500. The summed E-state index contributed by atoms with van der Waals surface area (Å²) in [6.45, 7) is 0.0118. The molecule has 0 saturated heterocycles. The number of carbonyl (C=O) groups excluding carboxylic acids is 1. The fourth-order valence-corrected chi connectivity index (χ4v) is 2.60. The van der Waals surface area contributed by atoms with E-state index in [-0.39, 0.29) is 18.1 Å². The van der Waals surface area contributed by atoms with Gasteiger partial charge in [0, 0.05) is 0 Å². The molecule has 0 unspecified atom stereocenters. The zero-order valence-electron chi connectivity index (χ0n) is 8.12. The van der Waals surface area contributed by atoms with Gasteiger partial charge in [-0.1, -0.05) is 11.6 Å². The smallest absolute Gasteiger partial charge is 0.261 e. The molecule has 5 heteroatoms. The second-order valence-electron chi connectivity index (χ2n) is 3.85. The highest BCUT2D eigenvalue weighted by Crippen LogP contribution is 2.32. The molecule has 82 valence electrons. The van der Waals surface area contributed by atoms with Crippen LogP contribution in [0.1, 0.15) is 28.9 Å². The van der Waals surface area contributed by atoms with Crippen LogP contribution in [0, 0.1) is 0 Å². The second-order valence-corrected chi connectivity index (χ2v) is 5.56. The molecule has 1 fully saturated rings. The first kappa shape index (κ1) is 10.9. The highest BCUT2D eigenvalue weighted by Gasteiger charge is 2.38. The van der Waals surface area contributed by atoms with Crippen LogP contribution in [0.15, 0.2) is 12.1 Å². The van der Waals surface area contributed by atoms with Gasteiger partial charge >= 0.3 is 0 Å². The molecule has 1 saturated carbocycles. The number of aliphatic hydroxyl groups is 1. The second kappa shape index (κ2) is 4.12. The Morgan fingerprint density at radius 2 is 2.33 bits per heavy atom. The van der Waals surface area contributed by atoms with Gasteiger partial charge in [-0.25, -0.2) is 0 Å². The molecule has 0 aromatic carbocycles. The van der Waals surface area contributed by atoms with Crippen molar-refractivity contribution in [2.75, 3.05) is 6.61 Å². The Bertz CT molecular complexity index is 368. The largest absolute Gasteiger partial charge is 0.394 e. The van der Waals surface area contributed by atoms with Crippen LogP contribution in [0.2, 0.25) is 4.34 Å². The summed E-state index contributed by atoms with van der Waals surface area (Å²) in [7, 11) is 0. The van der Waals surface area contributed by atoms with E-state index in [4.69, 9.17) is 11.6 Å². The third-order valence-electron chi connectivity index (χ3n) is 2.79. The predicted octanol–water partition coefficient (Wildman–Crippen LogP) is 2.05. The fourth-order valence-electron chi connectivity index (χ4n) is 1.66. The third kappa shape index (κ3) is 2.17. The van der Waals surface area contributed by atoms with E-state index in [0.717, 1.165) is 19.3 Å². The van der Waals surface area contributed by atoms with Gasteiger partial charge in [0.05, 0.1) is 21.4 Å². The van der Waals surface area contributed by atoms with E-state index in [9.17, 15) is 9.90 Å². The van der Waals surface area contributed by atoms with Gasteiger partial charge in [0.15, 0.2) is 0 Å². The molecular formula is C10H12ClNO2S. The maximum atomic E-state index is 11.8. The Labute approximate surface area is 97.1 Å². The monoisotopic (exact) mass is 245 g/mol. The van der Waals surface area contributed by atoms with E-state index >= 15 is 0 Å². The first-order valence-corrected chi connectivity index (χ1v) is 6.03. The lowest BCUT2D eigenvalue weighted by Crippen LogP contribution is -2.56. The molecule has 0 aliphatic heterocycles. The van der Waals surface area contributed by atoms with Crippen LogP contribution in [-0.4, -0.2) is 23.2 Å². The van der Waals surface area contributed by atoms with E-state index in [2.05, 4.69) is 5.32 Å². The number of aliphatic hydroxyl groups excluding tert-OH is 1. The van der Waals surface area contributed by atoms with Gasteiger partial charge < -0.3 is 10.4 Å². The van der Waals surface area contributed by atoms with Crippen LogP contribution in [0.5, 0.6) is 0 Å². The van der Waals surface area contributed by atoms with E-state index in [1.807, 2.05) is 0 Å². The van der Waals surface area contributed by atoms with Crippen molar-refractivity contribution in [2.24, 2.45) is 0 Å². The molecule has 1 aliphatic rings. The van der Waals surface area contributed by atoms with Gasteiger partial charge in [-0.3, -0.25) is 4.79 Å². The van der Waals surface area contributed by atoms with E-state index in [1.54, 1.807) is 12.1 Å². The summed E-state index contributed by atoms with van der Waals surface area (Å²) in [5.74, 6) is -0.138. The highest BCUT2D eigenvalue weighted by atomic mass is 35.5. The maximum absolute atomic E-state index is 11.8. The molecule has 15 heavy (non-hydrogen) atoms. The summed E-state index contributed by atoms with van der Waals surface area (Å²) in [6, 6.07) is 3.40. The minimum absolute atomic E-state index is 0.0118. The first-order chi connectivity index (χ1) is 7.15. The predicted molar refractivity (Wildman–Crippen MR) is 60.5 cm³/mol. The molecule has 1 aliphatic carbocycles. The molecule has 0 atom stereocenters. The molecule has 3 nitrogen and oxygen atoms in total. The number of rotatable bonds is 3. The lowest BCUT2D eigenvalue weighted by atomic mass is 9.77. The summed E-state index contributed by atoms with van der Waals surface area (Å²) in [6.07, 6.45) is 2.77. The summed E-state index contributed by atoms with van der Waals surface area (Å²) >= 11 is 7.00. The number of nitrogens with one attached hydrogen (secondary N) is 1. The molecule has 0 spiro atoms. The van der Waals surface area contributed by atoms with E-state index in [1.165, 1.54) is 11.3 Å². The van der Waals surface area contributed by atoms with Gasteiger partial charge in [-0.2, -0.15) is 0 Å². The summed E-state index contributed by atoms with van der Waals surface area (Å²) < 4.78 is 0.604. The third-order valence-corrected chi connectivity index (χ3v) is 4.02. The standard InChI is InChI=1S/C10H12ClNO2S/c11-8-3-2-7(15-8)9(14)12-10(6-13)4-1-5-10/h2-3,13H,1,4-6H2,(H,12,14). The van der Waals surface area contributed by atoms with Crippen LogP contribution < -0.4 is 5.32 Å². The normalized spacial score (nSPS) is 18.3. The molecule has 1 amide bonds. The average Bonchev–Trinajstić information content (AvgIpc) is 2.58. The van der Waals surface area contributed by atoms with Crippen molar-refractivity contribution in [3.05, 3.63) is 21.3 Å². The van der Waals surface area contributed by atoms with Crippen molar-refractivity contribution in [3.8, 4) is 0 Å². The van der Waals surface area contributed by atoms with Crippen LogP contribution in [0.3, 0.4) is 0 Å². The van der Waals surface area contributed by atoms with E-state index < -0.39 is 0 Å². The molecular weight excluding hydrogens is 234 g/mol. The minimum atomic E-state index is -0.381. The van der Waals surface area contributed by atoms with Crippen molar-refractivity contribution >= 4 is 28.8 Å². The van der Waals surface area contributed by atoms with Crippen molar-refractivity contribution in [1.82, 2.24) is 5.32 Å². The van der Waals surface area contributed by atoms with Gasteiger partial charge in [-0.05, 0) is 31.4 Å². The van der Waals surface area contributed by atoms with Gasteiger partial charge in [0.2, 0.25) is 0 Å². The lowest BCUT2D eigenvalue weighted by Gasteiger charge is -2.40. The Morgan fingerprint density at radius 1 is 1.60 bits per heavy atom. The Hall–Kier alpha value is -0.580. The zero-order chi connectivity index (χ0) is 10.9. The number of hydrogen-bond acceptors (Lipinski definition) is 3. The van der Waals surface area contributed by atoms with Crippen LogP contribution >= 0.6 is 22.9 Å². The van der Waals surface area contributed by atoms with Gasteiger partial charge in [-0.15, -0.1) is 11.3 Å². The van der Waals surface area contributed by atoms with Crippen molar-refractivity contribution < 1.29 is 9.90 Å². The first-order valence-electron chi connectivity index (χ1n) is 4.84. The van der Waals surface area contributed by atoms with Crippen molar-refractivity contribution in [1.29, 1.82) is 0 Å². The van der Waals surface area contributed by atoms with Gasteiger partial charge in [0.1, 0.15) is 0 Å². The number of hydrogen-bond donors (Lipinski definition) is 2. The number of carbonyl (C=O) groups is 1. The summed E-state index contributed by atoms with van der Waals surface area (Å²) in [5, 5.41) is 12.1.